The highest BCUT2D eigenvalue weighted by atomic mass is 35.5. The molecule has 4 aromatic carbocycles. The summed E-state index contributed by atoms with van der Waals surface area (Å²) in [5, 5.41) is 20.7. The summed E-state index contributed by atoms with van der Waals surface area (Å²) in [5.74, 6) is 2.19. The van der Waals surface area contributed by atoms with Gasteiger partial charge < -0.3 is 36.5 Å². The molecule has 0 spiro atoms. The highest BCUT2D eigenvalue weighted by molar-refractivity contribution is 7.92. The number of rotatable bonds is 17. The number of ether oxygens (including phenoxy) is 2. The van der Waals surface area contributed by atoms with Crippen LogP contribution in [0.15, 0.2) is 95.0 Å². The maximum Gasteiger partial charge on any atom is 0.229 e. The van der Waals surface area contributed by atoms with E-state index in [1.165, 1.54) is 19.5 Å². The summed E-state index contributed by atoms with van der Waals surface area (Å²) in [6.07, 6.45) is 3.88. The molecule has 20 heteroatoms. The number of aromatic nitrogens is 4. The molecular weight excluding hydrogens is 924 g/mol. The first kappa shape index (κ1) is 50.8. The molecule has 0 atom stereocenters. The second-order valence-corrected chi connectivity index (χ2v) is 21.1. The number of benzene rings is 4. The number of aryl methyl sites for hydroxylation is 2. The van der Waals surface area contributed by atoms with E-state index in [-0.39, 0.29) is 49.8 Å². The summed E-state index contributed by atoms with van der Waals surface area (Å²) in [6, 6.07) is 22.9. The minimum atomic E-state index is -3.53. The van der Waals surface area contributed by atoms with Gasteiger partial charge in [-0.15, -0.1) is 0 Å². The van der Waals surface area contributed by atoms with Crippen molar-refractivity contribution in [3.05, 3.63) is 117 Å². The predicted octanol–water partition coefficient (Wildman–Crippen LogP) is 9.80. The van der Waals surface area contributed by atoms with Crippen LogP contribution in [0.5, 0.6) is 11.5 Å². The standard InChI is InChI=1S/C23H28ClN5O3S.C23H24ClN5O3S/c2*1-14(2)33(30,31)21-8-6-5-7-18(21)27-22-17(24)13-26-23(29-22)28-19-11-15(3)16(9-10-25)12-20(19)32-4/h5-8,11-14H,9-10,25H2,1-4H3,(H2,26,27,28,29);5-8,11-14H,9H2,1-4H3,(H2,26,27,28,29). The van der Waals surface area contributed by atoms with Gasteiger partial charge in [0.05, 0.1) is 82.1 Å². The molecule has 0 aliphatic heterocycles. The summed E-state index contributed by atoms with van der Waals surface area (Å²) >= 11 is 12.6. The number of nitriles is 1. The van der Waals surface area contributed by atoms with Crippen molar-refractivity contribution in [3.8, 4) is 17.6 Å². The molecule has 16 nitrogen and oxygen atoms in total. The van der Waals surface area contributed by atoms with Gasteiger partial charge in [-0.05, 0) is 125 Å². The quantitative estimate of drug-likeness (QED) is 0.0572. The van der Waals surface area contributed by atoms with Gasteiger partial charge in [0, 0.05) is 0 Å². The molecule has 0 saturated carbocycles. The Bertz CT molecular complexity index is 2970. The largest absolute Gasteiger partial charge is 0.495 e. The molecule has 0 saturated heterocycles. The van der Waals surface area contributed by atoms with Gasteiger partial charge in [-0.2, -0.15) is 15.2 Å². The highest BCUT2D eigenvalue weighted by Crippen LogP contribution is 2.35. The van der Waals surface area contributed by atoms with Crippen LogP contribution in [0.1, 0.15) is 49.9 Å². The summed E-state index contributed by atoms with van der Waals surface area (Å²) in [7, 11) is -3.92. The van der Waals surface area contributed by atoms with Crippen molar-refractivity contribution in [3.63, 3.8) is 0 Å². The molecule has 0 aliphatic rings. The molecule has 66 heavy (non-hydrogen) atoms. The lowest BCUT2D eigenvalue weighted by atomic mass is 10.0. The SMILES string of the molecule is COc1cc(CC#N)c(C)cc1Nc1ncc(Cl)c(Nc2ccccc2S(=O)(=O)C(C)C)n1.COc1cc(CCN)c(C)cc1Nc1ncc(Cl)c(Nc2ccccc2S(=O)(=O)C(C)C)n1. The van der Waals surface area contributed by atoms with Crippen LogP contribution in [0.2, 0.25) is 10.0 Å². The van der Waals surface area contributed by atoms with E-state index in [2.05, 4.69) is 47.3 Å². The zero-order valence-corrected chi connectivity index (χ0v) is 40.8. The van der Waals surface area contributed by atoms with Crippen LogP contribution in [-0.2, 0) is 32.5 Å². The van der Waals surface area contributed by atoms with Gasteiger partial charge in [0.2, 0.25) is 11.9 Å². The molecule has 6 rings (SSSR count). The van der Waals surface area contributed by atoms with E-state index >= 15 is 0 Å². The van der Waals surface area contributed by atoms with E-state index in [1.807, 2.05) is 32.0 Å². The number of hydrogen-bond donors (Lipinski definition) is 5. The Morgan fingerprint density at radius 3 is 1.45 bits per heavy atom. The highest BCUT2D eigenvalue weighted by Gasteiger charge is 2.25. The van der Waals surface area contributed by atoms with Gasteiger partial charge in [0.1, 0.15) is 21.5 Å². The third-order valence-electron chi connectivity index (χ3n) is 10.1. The lowest BCUT2D eigenvalue weighted by Gasteiger charge is -2.16. The number of nitrogens with two attached hydrogens (primary N) is 1. The third-order valence-corrected chi connectivity index (χ3v) is 15.1. The average Bonchev–Trinajstić information content (AvgIpc) is 3.28. The second-order valence-electron chi connectivity index (χ2n) is 15.3. The third kappa shape index (κ3) is 12.2. The summed E-state index contributed by atoms with van der Waals surface area (Å²) in [6.45, 7) is 11.0. The van der Waals surface area contributed by atoms with Crippen molar-refractivity contribution in [2.75, 3.05) is 42.0 Å². The van der Waals surface area contributed by atoms with Crippen molar-refractivity contribution in [1.82, 2.24) is 19.9 Å². The smallest absolute Gasteiger partial charge is 0.229 e. The van der Waals surface area contributed by atoms with Crippen molar-refractivity contribution in [1.29, 1.82) is 5.26 Å². The van der Waals surface area contributed by atoms with E-state index in [1.54, 1.807) is 89.4 Å². The van der Waals surface area contributed by atoms with E-state index in [0.29, 0.717) is 40.8 Å². The summed E-state index contributed by atoms with van der Waals surface area (Å²) in [5.41, 5.74) is 11.7. The predicted molar refractivity (Wildman–Crippen MR) is 262 cm³/mol. The number of halogens is 2. The van der Waals surface area contributed by atoms with Crippen molar-refractivity contribution < 1.29 is 26.3 Å². The van der Waals surface area contributed by atoms with Crippen LogP contribution in [0.3, 0.4) is 0 Å². The molecule has 0 unspecified atom stereocenters. The van der Waals surface area contributed by atoms with E-state index in [9.17, 15) is 16.8 Å². The second kappa shape index (κ2) is 22.3. The van der Waals surface area contributed by atoms with Crippen LogP contribution in [0.4, 0.5) is 46.3 Å². The van der Waals surface area contributed by atoms with Crippen LogP contribution in [0.25, 0.3) is 0 Å². The molecule has 0 aliphatic carbocycles. The fourth-order valence-electron chi connectivity index (χ4n) is 6.36. The first-order valence-corrected chi connectivity index (χ1v) is 24.4. The Kier molecular flexibility index (Phi) is 17.2. The Morgan fingerprint density at radius 2 is 1.06 bits per heavy atom. The monoisotopic (exact) mass is 974 g/mol. The molecule has 0 radical (unpaired) electrons. The number of nitrogens with one attached hydrogen (secondary N) is 4. The fourth-order valence-corrected chi connectivity index (χ4v) is 9.04. The molecule has 2 aromatic heterocycles. The van der Waals surface area contributed by atoms with Crippen molar-refractivity contribution in [2.45, 2.75) is 74.7 Å². The molecule has 2 heterocycles. The lowest BCUT2D eigenvalue weighted by molar-refractivity contribution is 0.416. The fraction of sp³-hybridized carbons (Fsp3) is 0.283. The lowest BCUT2D eigenvalue weighted by Crippen LogP contribution is -2.15. The van der Waals surface area contributed by atoms with Crippen LogP contribution < -0.4 is 36.5 Å². The van der Waals surface area contributed by atoms with E-state index < -0.39 is 30.2 Å². The number of anilines is 8. The van der Waals surface area contributed by atoms with Crippen molar-refractivity contribution in [2.24, 2.45) is 5.73 Å². The summed E-state index contributed by atoms with van der Waals surface area (Å²) in [4.78, 5) is 17.7. The Hall–Kier alpha value is -6.23. The van der Waals surface area contributed by atoms with Crippen LogP contribution >= 0.6 is 23.2 Å². The van der Waals surface area contributed by atoms with Gasteiger partial charge in [-0.25, -0.2) is 26.8 Å². The zero-order valence-electron chi connectivity index (χ0n) is 37.7. The van der Waals surface area contributed by atoms with Gasteiger partial charge >= 0.3 is 0 Å². The summed E-state index contributed by atoms with van der Waals surface area (Å²) < 4.78 is 62.0. The molecule has 0 fully saturated rings. The topological polar surface area (TPSA) is 236 Å². The maximum absolute atomic E-state index is 12.8. The molecule has 348 valence electrons. The molecular formula is C46H52Cl2N10O6S2. The number of methoxy groups -OCH3 is 2. The van der Waals surface area contributed by atoms with E-state index in [0.717, 1.165) is 28.7 Å². The Balaban J connectivity index is 0.000000247. The number of nitrogens with zero attached hydrogens (tertiary/aromatic N) is 5. The number of sulfone groups is 2. The Morgan fingerprint density at radius 1 is 0.652 bits per heavy atom. The maximum atomic E-state index is 12.8. The minimum absolute atomic E-state index is 0.162. The Labute approximate surface area is 396 Å². The first-order valence-electron chi connectivity index (χ1n) is 20.6. The van der Waals surface area contributed by atoms with Crippen LogP contribution in [-0.4, -0.2) is 68.0 Å². The van der Waals surface area contributed by atoms with Gasteiger partial charge in [-0.3, -0.25) is 0 Å². The van der Waals surface area contributed by atoms with Crippen LogP contribution in [0, 0.1) is 25.2 Å². The van der Waals surface area contributed by atoms with Gasteiger partial charge in [0.15, 0.2) is 31.3 Å². The van der Waals surface area contributed by atoms with Gasteiger partial charge in [0.25, 0.3) is 0 Å². The van der Waals surface area contributed by atoms with Crippen molar-refractivity contribution >= 4 is 89.2 Å². The van der Waals surface area contributed by atoms with E-state index in [4.69, 9.17) is 43.7 Å². The minimum Gasteiger partial charge on any atom is -0.495 e. The first-order chi connectivity index (χ1) is 31.3. The molecule has 6 aromatic rings. The van der Waals surface area contributed by atoms with Gasteiger partial charge in [-0.1, -0.05) is 47.5 Å². The number of hydrogen-bond acceptors (Lipinski definition) is 16. The molecule has 0 bridgehead atoms. The number of para-hydroxylation sites is 2. The molecule has 0 amide bonds. The normalized spacial score (nSPS) is 11.3. The zero-order chi connectivity index (χ0) is 48.3. The molecule has 6 N–H and O–H groups in total. The average molecular weight is 976 g/mol.